The molecule has 9 nitrogen and oxygen atoms in total. The molecule has 2 aliphatic heterocycles. The van der Waals surface area contributed by atoms with E-state index in [2.05, 4.69) is 31.6 Å². The summed E-state index contributed by atoms with van der Waals surface area (Å²) < 4.78 is 16.4. The highest BCUT2D eigenvalue weighted by Crippen LogP contribution is 2.38. The number of nitrogens with one attached hydrogen (secondary N) is 1. The standard InChI is InChI=1S/C29H27FN6O3S2/c30-21-5-8-25(37)24(16-21)26(27(38)33-29-32-9-14-40-29)36-17-20-2-1-19(15-23(20)28(36)39)18-3-6-22(7-4-18)34-10-12-35(41-31)13-11-34/h1-9,14-16,26,37H,10-13,17,31H2,(H,32,33,38). The molecule has 1 aromatic heterocycles. The second-order valence-electron chi connectivity index (χ2n) is 9.81. The van der Waals surface area contributed by atoms with Gasteiger partial charge in [0.15, 0.2) is 5.13 Å². The first-order chi connectivity index (χ1) is 19.9. The fourth-order valence-electron chi connectivity index (χ4n) is 5.28. The third-order valence-corrected chi connectivity index (χ3v) is 8.75. The molecular formula is C29H27FN6O3S2. The number of fused-ring (bicyclic) bond motifs is 1. The number of nitrogens with zero attached hydrogens (tertiary/aromatic N) is 4. The Morgan fingerprint density at radius 1 is 1.05 bits per heavy atom. The summed E-state index contributed by atoms with van der Waals surface area (Å²) in [6.45, 7) is 3.70. The topological polar surface area (TPSA) is 115 Å². The van der Waals surface area contributed by atoms with Crippen molar-refractivity contribution < 1.29 is 19.1 Å². The van der Waals surface area contributed by atoms with Crippen LogP contribution in [0.5, 0.6) is 5.75 Å². The highest BCUT2D eigenvalue weighted by Gasteiger charge is 2.39. The van der Waals surface area contributed by atoms with Crippen LogP contribution in [0.2, 0.25) is 0 Å². The van der Waals surface area contributed by atoms with E-state index in [-0.39, 0.29) is 23.8 Å². The van der Waals surface area contributed by atoms with Crippen molar-refractivity contribution in [2.75, 3.05) is 36.4 Å². The number of aromatic hydroxyl groups is 1. The van der Waals surface area contributed by atoms with Gasteiger partial charge < -0.3 is 14.9 Å². The number of halogens is 1. The Morgan fingerprint density at radius 3 is 2.51 bits per heavy atom. The van der Waals surface area contributed by atoms with E-state index in [9.17, 15) is 19.1 Å². The van der Waals surface area contributed by atoms with Gasteiger partial charge in [0.05, 0.1) is 0 Å². The molecule has 0 aliphatic carbocycles. The number of hydrogen-bond acceptors (Lipinski definition) is 9. The quantitative estimate of drug-likeness (QED) is 0.267. The first-order valence-corrected chi connectivity index (χ1v) is 14.7. The van der Waals surface area contributed by atoms with Crippen molar-refractivity contribution in [3.63, 3.8) is 0 Å². The molecule has 2 aliphatic rings. The number of phenolic OH excluding ortho intramolecular Hbond substituents is 1. The van der Waals surface area contributed by atoms with Crippen molar-refractivity contribution in [3.8, 4) is 16.9 Å². The molecule has 0 bridgehead atoms. The first kappa shape index (κ1) is 27.2. The third-order valence-electron chi connectivity index (χ3n) is 7.40. The fraction of sp³-hybridized carbons (Fsp3) is 0.207. The third kappa shape index (κ3) is 5.51. The van der Waals surface area contributed by atoms with Crippen molar-refractivity contribution in [2.45, 2.75) is 12.6 Å². The molecule has 12 heteroatoms. The second-order valence-corrected chi connectivity index (χ2v) is 11.4. The van der Waals surface area contributed by atoms with Crippen molar-refractivity contribution in [2.24, 2.45) is 5.14 Å². The predicted molar refractivity (Wildman–Crippen MR) is 159 cm³/mol. The van der Waals surface area contributed by atoms with Gasteiger partial charge in [-0.3, -0.25) is 20.0 Å². The summed E-state index contributed by atoms with van der Waals surface area (Å²) in [7, 11) is 0. The highest BCUT2D eigenvalue weighted by molar-refractivity contribution is 7.94. The summed E-state index contributed by atoms with van der Waals surface area (Å²) in [4.78, 5) is 35.0. The van der Waals surface area contributed by atoms with Crippen molar-refractivity contribution >= 4 is 46.1 Å². The molecule has 41 heavy (non-hydrogen) atoms. The Bertz CT molecular complexity index is 1580. The van der Waals surface area contributed by atoms with E-state index < -0.39 is 17.8 Å². The van der Waals surface area contributed by atoms with Gasteiger partial charge >= 0.3 is 0 Å². The van der Waals surface area contributed by atoms with E-state index in [1.807, 2.05) is 30.3 Å². The van der Waals surface area contributed by atoms with Gasteiger partial charge in [0.1, 0.15) is 17.6 Å². The number of nitrogens with two attached hydrogens (primary N) is 1. The summed E-state index contributed by atoms with van der Waals surface area (Å²) >= 11 is 2.50. The minimum atomic E-state index is -1.27. The van der Waals surface area contributed by atoms with Crippen LogP contribution in [-0.4, -0.2) is 57.3 Å². The minimum absolute atomic E-state index is 0.00177. The van der Waals surface area contributed by atoms with E-state index in [1.165, 1.54) is 34.4 Å². The monoisotopic (exact) mass is 590 g/mol. The molecule has 0 radical (unpaired) electrons. The van der Waals surface area contributed by atoms with Gasteiger partial charge in [0, 0.05) is 73.2 Å². The van der Waals surface area contributed by atoms with Crippen LogP contribution < -0.4 is 15.4 Å². The lowest BCUT2D eigenvalue weighted by atomic mass is 10.00. The number of phenols is 1. The first-order valence-electron chi connectivity index (χ1n) is 13.0. The van der Waals surface area contributed by atoms with Gasteiger partial charge in [-0.2, -0.15) is 0 Å². The average molecular weight is 591 g/mol. The Kier molecular flexibility index (Phi) is 7.63. The number of carbonyl (C=O) groups excluding carboxylic acids is 2. The Hall–Kier alpha value is -3.97. The van der Waals surface area contributed by atoms with E-state index in [4.69, 9.17) is 5.14 Å². The molecule has 1 saturated heterocycles. The SMILES string of the molecule is NSN1CCN(c2ccc(-c3ccc4c(c3)C(=O)N(C(C(=O)Nc3nccs3)c3cc(F)ccc3O)C4)cc2)CC1. The molecule has 0 saturated carbocycles. The summed E-state index contributed by atoms with van der Waals surface area (Å²) in [5.74, 6) is -1.88. The predicted octanol–water partition coefficient (Wildman–Crippen LogP) is 4.63. The molecule has 4 N–H and O–H groups in total. The zero-order valence-electron chi connectivity index (χ0n) is 21.9. The summed E-state index contributed by atoms with van der Waals surface area (Å²) in [5, 5.41) is 21.0. The fourth-order valence-corrected chi connectivity index (χ4v) is 6.19. The number of rotatable bonds is 7. The maximum Gasteiger partial charge on any atom is 0.255 e. The van der Waals surface area contributed by atoms with Crippen LogP contribution in [0.25, 0.3) is 11.1 Å². The zero-order chi connectivity index (χ0) is 28.5. The number of amides is 2. The van der Waals surface area contributed by atoms with E-state index in [0.29, 0.717) is 10.7 Å². The molecule has 6 rings (SSSR count). The molecule has 4 aromatic rings. The van der Waals surface area contributed by atoms with Crippen molar-refractivity contribution in [1.82, 2.24) is 14.2 Å². The lowest BCUT2D eigenvalue weighted by molar-refractivity contribution is -0.120. The largest absolute Gasteiger partial charge is 0.508 e. The summed E-state index contributed by atoms with van der Waals surface area (Å²) in [5.41, 5.74) is 4.16. The van der Waals surface area contributed by atoms with Gasteiger partial charge in [-0.15, -0.1) is 11.3 Å². The van der Waals surface area contributed by atoms with E-state index >= 15 is 0 Å². The van der Waals surface area contributed by atoms with Crippen molar-refractivity contribution in [1.29, 1.82) is 0 Å². The van der Waals surface area contributed by atoms with Crippen LogP contribution in [0.15, 0.2) is 72.2 Å². The van der Waals surface area contributed by atoms with Gasteiger partial charge in [-0.25, -0.2) is 13.7 Å². The molecule has 1 fully saturated rings. The molecule has 1 unspecified atom stereocenters. The molecule has 2 amide bonds. The molecule has 3 aromatic carbocycles. The number of thiazole rings is 1. The smallest absolute Gasteiger partial charge is 0.255 e. The summed E-state index contributed by atoms with van der Waals surface area (Å²) in [6.07, 6.45) is 1.54. The number of carbonyl (C=O) groups is 2. The molecule has 1 atom stereocenters. The molecule has 210 valence electrons. The van der Waals surface area contributed by atoms with Crippen LogP contribution in [-0.2, 0) is 11.3 Å². The second kappa shape index (κ2) is 11.5. The molecular weight excluding hydrogens is 563 g/mol. The van der Waals surface area contributed by atoms with Crippen LogP contribution in [0.1, 0.15) is 27.5 Å². The number of anilines is 2. The maximum absolute atomic E-state index is 14.2. The van der Waals surface area contributed by atoms with Crippen LogP contribution >= 0.6 is 23.5 Å². The minimum Gasteiger partial charge on any atom is -0.508 e. The zero-order valence-corrected chi connectivity index (χ0v) is 23.5. The maximum atomic E-state index is 14.2. The summed E-state index contributed by atoms with van der Waals surface area (Å²) in [6, 6.07) is 16.0. The van der Waals surface area contributed by atoms with E-state index in [0.717, 1.165) is 60.7 Å². The number of piperazine rings is 1. The number of aromatic nitrogens is 1. The Balaban J connectivity index is 1.26. The number of benzene rings is 3. The lowest BCUT2D eigenvalue weighted by Crippen LogP contribution is -2.44. The number of hydrogen-bond donors (Lipinski definition) is 3. The average Bonchev–Trinajstić information content (AvgIpc) is 3.62. The molecule has 0 spiro atoms. The Labute approximate surface area is 244 Å². The van der Waals surface area contributed by atoms with Crippen LogP contribution in [0.3, 0.4) is 0 Å². The normalized spacial score (nSPS) is 16.1. The van der Waals surface area contributed by atoms with Gasteiger partial charge in [0.25, 0.3) is 11.8 Å². The van der Waals surface area contributed by atoms with Crippen LogP contribution in [0.4, 0.5) is 15.2 Å². The van der Waals surface area contributed by atoms with Crippen LogP contribution in [0, 0.1) is 5.82 Å². The van der Waals surface area contributed by atoms with E-state index in [1.54, 1.807) is 11.6 Å². The van der Waals surface area contributed by atoms with Gasteiger partial charge in [-0.05, 0) is 53.1 Å². The van der Waals surface area contributed by atoms with Gasteiger partial charge in [-0.1, -0.05) is 24.3 Å². The lowest BCUT2D eigenvalue weighted by Gasteiger charge is -2.34. The highest BCUT2D eigenvalue weighted by atomic mass is 32.2. The molecule has 3 heterocycles. The van der Waals surface area contributed by atoms with Crippen molar-refractivity contribution in [3.05, 3.63) is 94.7 Å². The van der Waals surface area contributed by atoms with Gasteiger partial charge in [0.2, 0.25) is 0 Å². The Morgan fingerprint density at radius 2 is 1.80 bits per heavy atom.